The predicted molar refractivity (Wildman–Crippen MR) is 218 cm³/mol. The molecule has 10 rings (SSSR count). The van der Waals surface area contributed by atoms with Crippen molar-refractivity contribution >= 4 is 44.4 Å². The third-order valence-corrected chi connectivity index (χ3v) is 11.9. The zero-order valence-electron chi connectivity index (χ0n) is 32.7. The molecule has 0 unspecified atom stereocenters. The van der Waals surface area contributed by atoms with Gasteiger partial charge in [0.15, 0.2) is 0 Å². The van der Waals surface area contributed by atoms with Crippen molar-refractivity contribution in [2.24, 2.45) is 0 Å². The molecule has 0 radical (unpaired) electrons. The molecule has 4 aromatic rings. The Morgan fingerprint density at radius 2 is 0.885 bits per heavy atom. The molecule has 1 aromatic carbocycles. The highest BCUT2D eigenvalue weighted by Gasteiger charge is 2.21. The average Bonchev–Trinajstić information content (AvgIpc) is 3.80. The van der Waals surface area contributed by atoms with E-state index in [0.29, 0.717) is 0 Å². The van der Waals surface area contributed by atoms with E-state index in [1.54, 1.807) is 14.2 Å². The molecule has 272 valence electrons. The van der Waals surface area contributed by atoms with E-state index in [2.05, 4.69) is 87.9 Å². The lowest BCUT2D eigenvalue weighted by Crippen LogP contribution is -1.99. The molecule has 0 fully saturated rings. The third-order valence-electron chi connectivity index (χ3n) is 11.9. The van der Waals surface area contributed by atoms with Crippen LogP contribution in [0.25, 0.3) is 44.4 Å². The minimum atomic E-state index is 0.951. The van der Waals surface area contributed by atoms with Gasteiger partial charge in [0.05, 0.1) is 37.0 Å². The fourth-order valence-corrected chi connectivity index (χ4v) is 8.76. The molecule has 0 saturated carbocycles. The highest BCUT2D eigenvalue weighted by atomic mass is 16.5. The number of methoxy groups -OCH3 is 2. The van der Waals surface area contributed by atoms with Gasteiger partial charge in [-0.05, 0) is 184 Å². The number of benzene rings is 1. The van der Waals surface area contributed by atoms with Crippen LogP contribution in [0, 0.1) is 13.8 Å². The molecule has 0 atom stereocenters. The Morgan fingerprint density at radius 3 is 1.27 bits per heavy atom. The normalized spacial score (nSPS) is 15.7. The standard InChI is InChI=1S/C46H56N4O2/c1-9-33-27(3)37-23-39-30(6)36-20-16-12-14-18-32-22-45(51-7)31(21-46(32)52-8)17-13-11-15-19-35-29(5)40(49-43(35)25-41(33)47-37)24-38-28(4)34(10-2)42(48-38)26-44(36)50-39/h21-26,47-48H,9-20H2,1-8H3. The van der Waals surface area contributed by atoms with Gasteiger partial charge < -0.3 is 19.4 Å². The molecule has 6 heteroatoms. The van der Waals surface area contributed by atoms with Crippen LogP contribution in [0.2, 0.25) is 0 Å². The summed E-state index contributed by atoms with van der Waals surface area (Å²) in [5.41, 5.74) is 21.9. The number of hydrogen-bond acceptors (Lipinski definition) is 4. The summed E-state index contributed by atoms with van der Waals surface area (Å²) in [5.74, 6) is 1.97. The van der Waals surface area contributed by atoms with Gasteiger partial charge in [0, 0.05) is 22.1 Å². The molecular weight excluding hydrogens is 641 g/mol. The highest BCUT2D eigenvalue weighted by Crippen LogP contribution is 2.38. The number of allylic oxidation sites excluding steroid dienone is 4. The van der Waals surface area contributed by atoms with Gasteiger partial charge in [0.2, 0.25) is 0 Å². The second kappa shape index (κ2) is 15.2. The van der Waals surface area contributed by atoms with E-state index in [9.17, 15) is 0 Å². The van der Waals surface area contributed by atoms with Crippen LogP contribution in [-0.2, 0) is 25.7 Å². The Hall–Kier alpha value is -4.58. The summed E-state index contributed by atoms with van der Waals surface area (Å²) in [6, 6.07) is 13.6. The number of nitrogens with zero attached hydrogens (tertiary/aromatic N) is 2. The molecular formula is C46H56N4O2. The van der Waals surface area contributed by atoms with Crippen LogP contribution in [0.4, 0.5) is 0 Å². The van der Waals surface area contributed by atoms with Gasteiger partial charge in [-0.1, -0.05) is 26.7 Å². The second-order valence-corrected chi connectivity index (χ2v) is 15.0. The van der Waals surface area contributed by atoms with Crippen LogP contribution < -0.4 is 9.47 Å². The van der Waals surface area contributed by atoms with E-state index in [0.717, 1.165) is 133 Å². The first kappa shape index (κ1) is 35.8. The maximum atomic E-state index is 5.93. The Balaban J connectivity index is 1.44. The molecule has 0 saturated heterocycles. The summed E-state index contributed by atoms with van der Waals surface area (Å²) in [6.07, 6.45) is 12.5. The molecule has 6 aliphatic rings. The average molecular weight is 697 g/mol. The number of aromatic nitrogens is 4. The fraction of sp³-hybridized carbons (Fsp3) is 0.435. The summed E-state index contributed by atoms with van der Waals surface area (Å²) in [7, 11) is 3.59. The quantitative estimate of drug-likeness (QED) is 0.223. The molecule has 2 N–H and O–H groups in total. The van der Waals surface area contributed by atoms with Gasteiger partial charge in [0.25, 0.3) is 0 Å². The number of rotatable bonds is 4. The molecule has 0 spiro atoms. The van der Waals surface area contributed by atoms with Crippen molar-refractivity contribution in [2.45, 2.75) is 119 Å². The number of nitrogens with one attached hydrogen (secondary N) is 2. The van der Waals surface area contributed by atoms with Crippen LogP contribution in [0.15, 0.2) is 36.4 Å². The van der Waals surface area contributed by atoms with E-state index < -0.39 is 0 Å². The molecule has 12 bridgehead atoms. The minimum Gasteiger partial charge on any atom is -0.496 e. The monoisotopic (exact) mass is 696 g/mol. The summed E-state index contributed by atoms with van der Waals surface area (Å²) in [4.78, 5) is 18.4. The number of H-pyrrole nitrogens is 2. The van der Waals surface area contributed by atoms with Crippen molar-refractivity contribution < 1.29 is 9.47 Å². The summed E-state index contributed by atoms with van der Waals surface area (Å²) in [5, 5.41) is 0. The van der Waals surface area contributed by atoms with Crippen LogP contribution in [0.1, 0.15) is 135 Å². The largest absolute Gasteiger partial charge is 0.496 e. The summed E-state index contributed by atoms with van der Waals surface area (Å²) in [6.45, 7) is 13.5. The first-order chi connectivity index (χ1) is 25.2. The molecule has 0 aliphatic carbocycles. The van der Waals surface area contributed by atoms with Gasteiger partial charge in [-0.3, -0.25) is 0 Å². The van der Waals surface area contributed by atoms with E-state index in [1.807, 2.05) is 0 Å². The predicted octanol–water partition coefficient (Wildman–Crippen LogP) is 11.9. The van der Waals surface area contributed by atoms with E-state index >= 15 is 0 Å². The van der Waals surface area contributed by atoms with Gasteiger partial charge in [0.1, 0.15) is 11.5 Å². The Morgan fingerprint density at radius 1 is 0.500 bits per heavy atom. The molecule has 0 amide bonds. The molecule has 52 heavy (non-hydrogen) atoms. The Labute approximate surface area is 309 Å². The van der Waals surface area contributed by atoms with Crippen molar-refractivity contribution in [3.05, 3.63) is 92.6 Å². The van der Waals surface area contributed by atoms with Crippen LogP contribution >= 0.6 is 0 Å². The van der Waals surface area contributed by atoms with Crippen molar-refractivity contribution in [1.29, 1.82) is 0 Å². The SMILES string of the molecule is CCc1c(C)c2cc3nc4cc5[nH]c(cc6nc(cc1[nH]2)C(=C6C)CCCCCc1cc(OC)c(cc1OC)CCCCCC4=C3C)c(C)c5CC. The number of aryl methyl sites for hydroxylation is 6. The van der Waals surface area contributed by atoms with Crippen molar-refractivity contribution in [2.75, 3.05) is 14.2 Å². The van der Waals surface area contributed by atoms with Crippen molar-refractivity contribution in [3.63, 3.8) is 0 Å². The van der Waals surface area contributed by atoms with Crippen LogP contribution in [-0.4, -0.2) is 34.2 Å². The number of aromatic amines is 2. The lowest BCUT2D eigenvalue weighted by molar-refractivity contribution is 0.393. The van der Waals surface area contributed by atoms with Gasteiger partial charge in [-0.2, -0.15) is 0 Å². The number of hydrogen-bond donors (Lipinski definition) is 2. The maximum absolute atomic E-state index is 5.93. The first-order valence-corrected chi connectivity index (χ1v) is 19.6. The first-order valence-electron chi connectivity index (χ1n) is 19.6. The highest BCUT2D eigenvalue weighted by molar-refractivity contribution is 5.95. The lowest BCUT2D eigenvalue weighted by Gasteiger charge is -2.15. The smallest absolute Gasteiger partial charge is 0.122 e. The summed E-state index contributed by atoms with van der Waals surface area (Å²) >= 11 is 0. The van der Waals surface area contributed by atoms with Gasteiger partial charge in [-0.25, -0.2) is 9.97 Å². The number of ether oxygens (including phenoxy) is 2. The molecule has 3 aromatic heterocycles. The van der Waals surface area contributed by atoms with E-state index in [1.165, 1.54) is 55.7 Å². The molecule has 6 aliphatic heterocycles. The molecule has 6 nitrogen and oxygen atoms in total. The summed E-state index contributed by atoms with van der Waals surface area (Å²) < 4.78 is 11.9. The maximum Gasteiger partial charge on any atom is 0.122 e. The second-order valence-electron chi connectivity index (χ2n) is 15.0. The van der Waals surface area contributed by atoms with Crippen LogP contribution in [0.5, 0.6) is 11.5 Å². The van der Waals surface area contributed by atoms with Crippen molar-refractivity contribution in [3.8, 4) is 11.5 Å². The lowest BCUT2D eigenvalue weighted by atomic mass is 9.96. The molecule has 9 heterocycles. The van der Waals surface area contributed by atoms with Crippen LogP contribution in [0.3, 0.4) is 0 Å². The third kappa shape index (κ3) is 6.73. The topological polar surface area (TPSA) is 75.8 Å². The Kier molecular flexibility index (Phi) is 10.5. The zero-order valence-corrected chi connectivity index (χ0v) is 32.7. The van der Waals surface area contributed by atoms with Gasteiger partial charge in [-0.15, -0.1) is 0 Å². The fourth-order valence-electron chi connectivity index (χ4n) is 8.76. The van der Waals surface area contributed by atoms with Gasteiger partial charge >= 0.3 is 0 Å². The minimum absolute atomic E-state index is 0.951. The Bertz CT molecular complexity index is 2090. The van der Waals surface area contributed by atoms with Crippen molar-refractivity contribution in [1.82, 2.24) is 19.9 Å². The zero-order chi connectivity index (χ0) is 36.5. The van der Waals surface area contributed by atoms with E-state index in [4.69, 9.17) is 19.4 Å². The van der Waals surface area contributed by atoms with E-state index in [-0.39, 0.29) is 0 Å².